The second kappa shape index (κ2) is 6.17. The van der Waals surface area contributed by atoms with Crippen LogP contribution in [0.3, 0.4) is 0 Å². The summed E-state index contributed by atoms with van der Waals surface area (Å²) < 4.78 is 9.99. The Balaban J connectivity index is 2.36. The topological polar surface area (TPSA) is 65.0 Å². The van der Waals surface area contributed by atoms with Crippen LogP contribution < -0.4 is 4.74 Å². The number of cyclic esters (lactones) is 1. The van der Waals surface area contributed by atoms with Crippen LogP contribution >= 0.6 is 0 Å². The lowest BCUT2D eigenvalue weighted by molar-refractivity contribution is -0.132. The number of nitrogens with zero attached hydrogens (tertiary/aromatic N) is 1. The zero-order valence-electron chi connectivity index (χ0n) is 11.9. The summed E-state index contributed by atoms with van der Waals surface area (Å²) in [5.41, 5.74) is 1.83. The first-order chi connectivity index (χ1) is 9.99. The molecule has 1 aromatic carbocycles. The molecule has 108 valence electrons. The maximum absolute atomic E-state index is 11.5. The van der Waals surface area contributed by atoms with Crippen molar-refractivity contribution in [1.29, 1.82) is 0 Å². The lowest BCUT2D eigenvalue weighted by Crippen LogP contribution is -2.04. The lowest BCUT2D eigenvalue weighted by Gasteiger charge is -2.08. The molecule has 5 heteroatoms. The molecule has 1 aliphatic rings. The zero-order chi connectivity index (χ0) is 15.4. The zero-order valence-corrected chi connectivity index (χ0v) is 11.9. The molecule has 0 spiro atoms. The third kappa shape index (κ3) is 3.66. The van der Waals surface area contributed by atoms with Crippen LogP contribution in [0.2, 0.25) is 0 Å². The molecule has 1 aromatic rings. The third-order valence-corrected chi connectivity index (χ3v) is 2.73. The molecular weight excluding hydrogens is 270 g/mol. The minimum Gasteiger partial charge on any atom is -0.426 e. The Morgan fingerprint density at radius 2 is 2.24 bits per heavy atom. The van der Waals surface area contributed by atoms with Crippen molar-refractivity contribution in [1.82, 2.24) is 0 Å². The van der Waals surface area contributed by atoms with Crippen LogP contribution in [0.5, 0.6) is 5.75 Å². The molecule has 0 amide bonds. The van der Waals surface area contributed by atoms with Gasteiger partial charge in [-0.3, -0.25) is 4.79 Å². The summed E-state index contributed by atoms with van der Waals surface area (Å²) in [6.07, 6.45) is 3.89. The Morgan fingerprint density at radius 3 is 2.81 bits per heavy atom. The Bertz CT molecular complexity index is 671. The summed E-state index contributed by atoms with van der Waals surface area (Å²) in [4.78, 5) is 26.6. The molecule has 0 aliphatic carbocycles. The summed E-state index contributed by atoms with van der Waals surface area (Å²) in [6.45, 7) is 6.64. The van der Waals surface area contributed by atoms with Gasteiger partial charge in [0.1, 0.15) is 5.75 Å². The number of rotatable bonds is 4. The number of hydrogen-bond donors (Lipinski definition) is 0. The number of esters is 2. The molecular formula is C16H15NO4. The van der Waals surface area contributed by atoms with E-state index >= 15 is 0 Å². The summed E-state index contributed by atoms with van der Waals surface area (Å²) in [5.74, 6) is -0.0415. The second-order valence-corrected chi connectivity index (χ2v) is 4.50. The van der Waals surface area contributed by atoms with Crippen molar-refractivity contribution in [2.24, 2.45) is 4.99 Å². The van der Waals surface area contributed by atoms with E-state index < -0.39 is 5.97 Å². The summed E-state index contributed by atoms with van der Waals surface area (Å²) in [6, 6.07) is 5.25. The van der Waals surface area contributed by atoms with E-state index in [0.29, 0.717) is 18.1 Å². The number of benzene rings is 1. The fourth-order valence-electron chi connectivity index (χ4n) is 1.93. The molecule has 0 fully saturated rings. The predicted octanol–water partition coefficient (Wildman–Crippen LogP) is 2.66. The molecule has 1 aliphatic heterocycles. The van der Waals surface area contributed by atoms with E-state index in [1.165, 1.54) is 6.92 Å². The van der Waals surface area contributed by atoms with Crippen molar-refractivity contribution in [2.75, 3.05) is 0 Å². The highest BCUT2D eigenvalue weighted by Gasteiger charge is 2.19. The van der Waals surface area contributed by atoms with Gasteiger partial charge in [0.2, 0.25) is 0 Å². The average Bonchev–Trinajstić information content (AvgIpc) is 2.71. The van der Waals surface area contributed by atoms with Gasteiger partial charge < -0.3 is 9.47 Å². The third-order valence-electron chi connectivity index (χ3n) is 2.73. The van der Waals surface area contributed by atoms with Crippen LogP contribution in [0.4, 0.5) is 0 Å². The normalized spacial score (nSPS) is 15.6. The van der Waals surface area contributed by atoms with Crippen LogP contribution in [0.1, 0.15) is 25.0 Å². The van der Waals surface area contributed by atoms with E-state index in [9.17, 15) is 9.59 Å². The maximum atomic E-state index is 11.5. The fourth-order valence-corrected chi connectivity index (χ4v) is 1.93. The van der Waals surface area contributed by atoms with Crippen LogP contribution in [-0.2, 0) is 20.7 Å². The molecule has 0 unspecified atom stereocenters. The van der Waals surface area contributed by atoms with Crippen molar-refractivity contribution in [3.63, 3.8) is 0 Å². The van der Waals surface area contributed by atoms with E-state index in [2.05, 4.69) is 11.6 Å². The van der Waals surface area contributed by atoms with E-state index in [4.69, 9.17) is 9.47 Å². The minimum atomic E-state index is -0.471. The lowest BCUT2D eigenvalue weighted by atomic mass is 10.1. The Labute approximate surface area is 122 Å². The van der Waals surface area contributed by atoms with E-state index in [-0.39, 0.29) is 11.7 Å². The van der Waals surface area contributed by atoms with Gasteiger partial charge in [0.25, 0.3) is 0 Å². The van der Waals surface area contributed by atoms with Crippen molar-refractivity contribution in [3.8, 4) is 5.75 Å². The molecule has 0 atom stereocenters. The first kappa shape index (κ1) is 14.7. The van der Waals surface area contributed by atoms with Gasteiger partial charge in [0.15, 0.2) is 11.6 Å². The van der Waals surface area contributed by atoms with Gasteiger partial charge in [-0.2, -0.15) is 0 Å². The molecule has 0 bridgehead atoms. The largest absolute Gasteiger partial charge is 0.426 e. The van der Waals surface area contributed by atoms with Gasteiger partial charge in [-0.1, -0.05) is 12.1 Å². The molecule has 0 N–H and O–H groups in total. The maximum Gasteiger partial charge on any atom is 0.363 e. The summed E-state index contributed by atoms with van der Waals surface area (Å²) in [7, 11) is 0. The van der Waals surface area contributed by atoms with Crippen molar-refractivity contribution in [3.05, 3.63) is 47.7 Å². The molecule has 21 heavy (non-hydrogen) atoms. The molecule has 5 nitrogen and oxygen atoms in total. The van der Waals surface area contributed by atoms with E-state index in [1.54, 1.807) is 31.2 Å². The van der Waals surface area contributed by atoms with E-state index in [0.717, 1.165) is 11.1 Å². The second-order valence-electron chi connectivity index (χ2n) is 4.50. The molecule has 0 saturated heterocycles. The Hall–Kier alpha value is -2.69. The highest BCUT2D eigenvalue weighted by molar-refractivity contribution is 6.06. The number of allylic oxidation sites excluding steroid dienone is 1. The van der Waals surface area contributed by atoms with Gasteiger partial charge in [0, 0.05) is 13.8 Å². The van der Waals surface area contributed by atoms with Crippen LogP contribution in [0.15, 0.2) is 41.5 Å². The standard InChI is InChI=1S/C16H15NO4/c1-4-5-13-8-12(6-7-15(13)21-11(3)18)9-14-16(19)20-10(2)17-14/h4,6-9H,1,5H2,2-3H3. The van der Waals surface area contributed by atoms with Gasteiger partial charge in [0.05, 0.1) is 0 Å². The van der Waals surface area contributed by atoms with Gasteiger partial charge in [-0.05, 0) is 35.8 Å². The SMILES string of the molecule is C=CCc1cc(C=C2N=C(C)OC2=O)ccc1OC(C)=O. The quantitative estimate of drug-likeness (QED) is 0.369. The highest BCUT2D eigenvalue weighted by Crippen LogP contribution is 2.24. The highest BCUT2D eigenvalue weighted by atomic mass is 16.6. The van der Waals surface area contributed by atoms with Crippen molar-refractivity contribution in [2.45, 2.75) is 20.3 Å². The molecule has 0 saturated carbocycles. The van der Waals surface area contributed by atoms with Gasteiger partial charge >= 0.3 is 11.9 Å². The molecule has 0 radical (unpaired) electrons. The van der Waals surface area contributed by atoms with Crippen molar-refractivity contribution >= 4 is 23.9 Å². The minimum absolute atomic E-state index is 0.247. The number of carbonyl (C=O) groups excluding carboxylic acids is 2. The summed E-state index contributed by atoms with van der Waals surface area (Å²) in [5, 5.41) is 0. The Kier molecular flexibility index (Phi) is 4.33. The first-order valence-electron chi connectivity index (χ1n) is 6.41. The molecule has 1 heterocycles. The van der Waals surface area contributed by atoms with Gasteiger partial charge in [-0.25, -0.2) is 9.79 Å². The van der Waals surface area contributed by atoms with E-state index in [1.807, 2.05) is 6.07 Å². The van der Waals surface area contributed by atoms with Gasteiger partial charge in [-0.15, -0.1) is 6.58 Å². The number of ether oxygens (including phenoxy) is 2. The van der Waals surface area contributed by atoms with Crippen molar-refractivity contribution < 1.29 is 19.1 Å². The first-order valence-corrected chi connectivity index (χ1v) is 6.41. The monoisotopic (exact) mass is 285 g/mol. The van der Waals surface area contributed by atoms with Crippen LogP contribution in [0.25, 0.3) is 6.08 Å². The van der Waals surface area contributed by atoms with Crippen LogP contribution in [-0.4, -0.2) is 17.8 Å². The average molecular weight is 285 g/mol. The fraction of sp³-hybridized carbons (Fsp3) is 0.188. The molecule has 2 rings (SSSR count). The van der Waals surface area contributed by atoms with Crippen LogP contribution in [0, 0.1) is 0 Å². The Morgan fingerprint density at radius 1 is 1.48 bits per heavy atom. The smallest absolute Gasteiger partial charge is 0.363 e. The number of hydrogen-bond acceptors (Lipinski definition) is 5. The summed E-state index contributed by atoms with van der Waals surface area (Å²) >= 11 is 0. The molecule has 0 aromatic heterocycles. The predicted molar refractivity (Wildman–Crippen MR) is 78.8 cm³/mol. The number of carbonyl (C=O) groups is 2. The number of aliphatic imine (C=N–C) groups is 1.